The second-order valence-electron chi connectivity index (χ2n) is 4.63. The van der Waals surface area contributed by atoms with Crippen LogP contribution in [0.3, 0.4) is 0 Å². The van der Waals surface area contributed by atoms with E-state index in [0.717, 1.165) is 6.42 Å². The van der Waals surface area contributed by atoms with E-state index in [2.05, 4.69) is 56.0 Å². The summed E-state index contributed by atoms with van der Waals surface area (Å²) in [5.74, 6) is 6.18. The number of benzene rings is 1. The maximum absolute atomic E-state index is 3.19. The summed E-state index contributed by atoms with van der Waals surface area (Å²) in [6.07, 6.45) is 3.34. The Morgan fingerprint density at radius 1 is 1.00 bits per heavy atom. The van der Waals surface area contributed by atoms with Crippen molar-refractivity contribution in [1.29, 1.82) is 0 Å². The van der Waals surface area contributed by atoms with Gasteiger partial charge in [-0.1, -0.05) is 77.8 Å². The molecule has 0 saturated heterocycles. The molecule has 0 amide bonds. The molecule has 0 aliphatic heterocycles. The van der Waals surface area contributed by atoms with Crippen molar-refractivity contribution in [3.8, 4) is 11.8 Å². The van der Waals surface area contributed by atoms with Crippen LogP contribution in [0.15, 0.2) is 30.3 Å². The second-order valence-corrected chi connectivity index (χ2v) is 4.63. The molecule has 0 bridgehead atoms. The van der Waals surface area contributed by atoms with E-state index in [1.807, 2.05) is 34.6 Å². The first-order chi connectivity index (χ1) is 9.15. The SMILES string of the molecule is CC.CC.CC#CC1=CCC(C)(C)c2ccccc21. The third-order valence-corrected chi connectivity index (χ3v) is 3.02. The Bertz CT molecular complexity index is 464. The standard InChI is InChI=1S/C15H16.2C2H6/c1-4-7-12-10-11-15(2,3)14-9-6-5-8-13(12)14;2*1-2/h5-6,8-10H,11H2,1-3H3;2*1-2H3. The van der Waals surface area contributed by atoms with Crippen LogP contribution in [0.5, 0.6) is 0 Å². The second kappa shape index (κ2) is 8.59. The minimum atomic E-state index is 0.246. The Morgan fingerprint density at radius 2 is 1.58 bits per heavy atom. The van der Waals surface area contributed by atoms with Gasteiger partial charge >= 0.3 is 0 Å². The van der Waals surface area contributed by atoms with Crippen LogP contribution in [0.1, 0.15) is 66.0 Å². The number of hydrogen-bond donors (Lipinski definition) is 0. The Kier molecular flexibility index (Phi) is 7.92. The lowest BCUT2D eigenvalue weighted by molar-refractivity contribution is 0.528. The molecule has 1 aromatic rings. The smallest absolute Gasteiger partial charge is 0.0280 e. The fourth-order valence-corrected chi connectivity index (χ4v) is 2.14. The van der Waals surface area contributed by atoms with Crippen molar-refractivity contribution in [3.05, 3.63) is 41.5 Å². The van der Waals surface area contributed by atoms with Crippen LogP contribution in [-0.4, -0.2) is 0 Å². The normalized spacial score (nSPS) is 14.2. The molecule has 0 heteroatoms. The highest BCUT2D eigenvalue weighted by molar-refractivity contribution is 5.82. The van der Waals surface area contributed by atoms with E-state index in [-0.39, 0.29) is 5.41 Å². The van der Waals surface area contributed by atoms with Crippen LogP contribution in [-0.2, 0) is 5.41 Å². The summed E-state index contributed by atoms with van der Waals surface area (Å²) in [6.45, 7) is 14.5. The molecule has 0 radical (unpaired) electrons. The maximum Gasteiger partial charge on any atom is 0.0280 e. The monoisotopic (exact) mass is 256 g/mol. The molecule has 0 unspecified atom stereocenters. The van der Waals surface area contributed by atoms with Gasteiger partial charge in [-0.3, -0.25) is 0 Å². The van der Waals surface area contributed by atoms with Crippen molar-refractivity contribution in [2.24, 2.45) is 0 Å². The van der Waals surface area contributed by atoms with E-state index < -0.39 is 0 Å². The van der Waals surface area contributed by atoms with Crippen LogP contribution < -0.4 is 0 Å². The molecule has 1 aliphatic rings. The van der Waals surface area contributed by atoms with Crippen molar-refractivity contribution < 1.29 is 0 Å². The predicted molar refractivity (Wildman–Crippen MR) is 88.2 cm³/mol. The van der Waals surface area contributed by atoms with Crippen molar-refractivity contribution in [2.45, 2.75) is 60.3 Å². The van der Waals surface area contributed by atoms with Gasteiger partial charge in [-0.2, -0.15) is 0 Å². The zero-order valence-electron chi connectivity index (χ0n) is 13.6. The van der Waals surface area contributed by atoms with Gasteiger partial charge in [-0.15, -0.1) is 5.92 Å². The molecule has 0 heterocycles. The van der Waals surface area contributed by atoms with Gasteiger partial charge in [-0.05, 0) is 29.9 Å². The molecule has 2 rings (SSSR count). The van der Waals surface area contributed by atoms with Crippen LogP contribution in [0.25, 0.3) is 5.57 Å². The van der Waals surface area contributed by atoms with Crippen LogP contribution in [0.4, 0.5) is 0 Å². The van der Waals surface area contributed by atoms with Crippen LogP contribution in [0, 0.1) is 11.8 Å². The van der Waals surface area contributed by atoms with Gasteiger partial charge in [-0.25, -0.2) is 0 Å². The first kappa shape index (κ1) is 17.5. The predicted octanol–water partition coefficient (Wildman–Crippen LogP) is 5.83. The number of hydrogen-bond acceptors (Lipinski definition) is 0. The van der Waals surface area contributed by atoms with Crippen molar-refractivity contribution in [3.63, 3.8) is 0 Å². The van der Waals surface area contributed by atoms with Crippen molar-refractivity contribution >= 4 is 5.57 Å². The van der Waals surface area contributed by atoms with Crippen LogP contribution >= 0.6 is 0 Å². The minimum Gasteiger partial charge on any atom is -0.101 e. The van der Waals surface area contributed by atoms with Gasteiger partial charge in [0.25, 0.3) is 0 Å². The fraction of sp³-hybridized carbons (Fsp3) is 0.474. The average molecular weight is 256 g/mol. The van der Waals surface area contributed by atoms with E-state index in [1.54, 1.807) is 0 Å². The molecule has 0 N–H and O–H groups in total. The summed E-state index contributed by atoms with van der Waals surface area (Å²) < 4.78 is 0. The minimum absolute atomic E-state index is 0.246. The lowest BCUT2D eigenvalue weighted by Crippen LogP contribution is -2.21. The van der Waals surface area contributed by atoms with E-state index in [1.165, 1.54) is 16.7 Å². The summed E-state index contributed by atoms with van der Waals surface area (Å²) in [5, 5.41) is 0. The molecule has 0 fully saturated rings. The summed E-state index contributed by atoms with van der Waals surface area (Å²) >= 11 is 0. The van der Waals surface area contributed by atoms with Gasteiger partial charge in [0.1, 0.15) is 0 Å². The molecule has 0 nitrogen and oxygen atoms in total. The summed E-state index contributed by atoms with van der Waals surface area (Å²) in [7, 11) is 0. The Labute approximate surface area is 119 Å². The number of allylic oxidation sites excluding steroid dienone is 2. The van der Waals surface area contributed by atoms with Crippen molar-refractivity contribution in [2.75, 3.05) is 0 Å². The van der Waals surface area contributed by atoms with Crippen molar-refractivity contribution in [1.82, 2.24) is 0 Å². The third-order valence-electron chi connectivity index (χ3n) is 3.02. The number of fused-ring (bicyclic) bond motifs is 1. The lowest BCUT2D eigenvalue weighted by atomic mass is 9.73. The summed E-state index contributed by atoms with van der Waals surface area (Å²) in [6, 6.07) is 8.60. The molecule has 0 atom stereocenters. The van der Waals surface area contributed by atoms with E-state index >= 15 is 0 Å². The Balaban J connectivity index is 0.000000741. The van der Waals surface area contributed by atoms with Gasteiger partial charge in [0.05, 0.1) is 0 Å². The van der Waals surface area contributed by atoms with Gasteiger partial charge in [0, 0.05) is 5.57 Å². The average Bonchev–Trinajstić information content (AvgIpc) is 2.47. The Morgan fingerprint density at radius 3 is 2.16 bits per heavy atom. The molecular weight excluding hydrogens is 228 g/mol. The molecule has 104 valence electrons. The largest absolute Gasteiger partial charge is 0.101 e. The fourth-order valence-electron chi connectivity index (χ4n) is 2.14. The van der Waals surface area contributed by atoms with E-state index in [4.69, 9.17) is 0 Å². The molecule has 1 aliphatic carbocycles. The van der Waals surface area contributed by atoms with E-state index in [9.17, 15) is 0 Å². The molecule has 1 aromatic carbocycles. The highest BCUT2D eigenvalue weighted by Gasteiger charge is 2.26. The molecule has 0 spiro atoms. The molecule has 0 aromatic heterocycles. The lowest BCUT2D eigenvalue weighted by Gasteiger charge is -2.30. The first-order valence-electron chi connectivity index (χ1n) is 7.38. The quantitative estimate of drug-likeness (QED) is 0.512. The van der Waals surface area contributed by atoms with Crippen LogP contribution in [0.2, 0.25) is 0 Å². The summed E-state index contributed by atoms with van der Waals surface area (Å²) in [5.41, 5.74) is 4.16. The van der Waals surface area contributed by atoms with E-state index in [0.29, 0.717) is 0 Å². The topological polar surface area (TPSA) is 0 Å². The van der Waals surface area contributed by atoms with Gasteiger partial charge in [0.2, 0.25) is 0 Å². The zero-order chi connectivity index (χ0) is 14.9. The van der Waals surface area contributed by atoms with Gasteiger partial charge < -0.3 is 0 Å². The third kappa shape index (κ3) is 4.28. The molecule has 0 saturated carbocycles. The highest BCUT2D eigenvalue weighted by atomic mass is 14.3. The maximum atomic E-state index is 3.19. The Hall–Kier alpha value is -1.48. The molecule has 19 heavy (non-hydrogen) atoms. The highest BCUT2D eigenvalue weighted by Crippen LogP contribution is 2.38. The van der Waals surface area contributed by atoms with Gasteiger partial charge in [0.15, 0.2) is 0 Å². The zero-order valence-corrected chi connectivity index (χ0v) is 13.6. The number of rotatable bonds is 0. The molecular formula is C19H28. The first-order valence-corrected chi connectivity index (χ1v) is 7.38. The summed E-state index contributed by atoms with van der Waals surface area (Å²) in [4.78, 5) is 0.